The Bertz CT molecular complexity index is 422. The van der Waals surface area contributed by atoms with E-state index in [4.69, 9.17) is 0 Å². The number of halogens is 1. The summed E-state index contributed by atoms with van der Waals surface area (Å²) in [5.74, 6) is -0.291. The SMILES string of the molecule is CCC(C)NC(=O)C(C)N[C@H](C)c1cccc(F)c1. The zero-order valence-corrected chi connectivity index (χ0v) is 12.0. The van der Waals surface area contributed by atoms with Gasteiger partial charge < -0.3 is 5.32 Å². The lowest BCUT2D eigenvalue weighted by atomic mass is 10.1. The molecule has 0 aliphatic carbocycles. The van der Waals surface area contributed by atoms with E-state index in [1.54, 1.807) is 6.07 Å². The van der Waals surface area contributed by atoms with Gasteiger partial charge in [0.1, 0.15) is 5.82 Å². The fraction of sp³-hybridized carbons (Fsp3) is 0.533. The van der Waals surface area contributed by atoms with Gasteiger partial charge in [-0.05, 0) is 44.9 Å². The summed E-state index contributed by atoms with van der Waals surface area (Å²) in [4.78, 5) is 11.9. The third-order valence-electron chi connectivity index (χ3n) is 3.24. The summed E-state index contributed by atoms with van der Waals surface area (Å²) in [5, 5.41) is 6.10. The summed E-state index contributed by atoms with van der Waals surface area (Å²) in [5.41, 5.74) is 0.836. The molecular formula is C15H23FN2O. The molecule has 0 heterocycles. The lowest BCUT2D eigenvalue weighted by Gasteiger charge is -2.21. The molecule has 1 aromatic rings. The Morgan fingerprint density at radius 3 is 2.58 bits per heavy atom. The number of hydrogen-bond donors (Lipinski definition) is 2. The van der Waals surface area contributed by atoms with E-state index in [1.807, 2.05) is 33.8 Å². The van der Waals surface area contributed by atoms with E-state index < -0.39 is 0 Å². The molecular weight excluding hydrogens is 243 g/mol. The highest BCUT2D eigenvalue weighted by atomic mass is 19.1. The minimum Gasteiger partial charge on any atom is -0.352 e. The van der Waals surface area contributed by atoms with Gasteiger partial charge in [-0.2, -0.15) is 0 Å². The van der Waals surface area contributed by atoms with Crippen LogP contribution < -0.4 is 10.6 Å². The maximum absolute atomic E-state index is 13.1. The van der Waals surface area contributed by atoms with Crippen molar-refractivity contribution in [3.8, 4) is 0 Å². The minimum absolute atomic E-state index is 0.0300. The Kier molecular flexibility index (Phi) is 5.96. The topological polar surface area (TPSA) is 41.1 Å². The maximum atomic E-state index is 13.1. The van der Waals surface area contributed by atoms with Crippen molar-refractivity contribution in [2.24, 2.45) is 0 Å². The summed E-state index contributed by atoms with van der Waals surface area (Å²) in [6, 6.07) is 6.20. The molecule has 0 aliphatic heterocycles. The number of hydrogen-bond acceptors (Lipinski definition) is 2. The molecule has 0 radical (unpaired) electrons. The maximum Gasteiger partial charge on any atom is 0.237 e. The molecule has 0 saturated carbocycles. The Labute approximate surface area is 114 Å². The van der Waals surface area contributed by atoms with Gasteiger partial charge in [-0.3, -0.25) is 10.1 Å². The third kappa shape index (κ3) is 4.99. The molecule has 3 atom stereocenters. The molecule has 0 aliphatic rings. The first-order chi connectivity index (χ1) is 8.93. The summed E-state index contributed by atoms with van der Waals surface area (Å²) in [6.07, 6.45) is 0.901. The van der Waals surface area contributed by atoms with Crippen LogP contribution in [0.25, 0.3) is 0 Å². The van der Waals surface area contributed by atoms with Crippen molar-refractivity contribution in [2.75, 3.05) is 0 Å². The first-order valence-corrected chi connectivity index (χ1v) is 6.76. The van der Waals surface area contributed by atoms with Crippen LogP contribution in [-0.2, 0) is 4.79 Å². The second-order valence-electron chi connectivity index (χ2n) is 4.98. The molecule has 3 nitrogen and oxygen atoms in total. The summed E-state index contributed by atoms with van der Waals surface area (Å²) >= 11 is 0. The van der Waals surface area contributed by atoms with Crippen LogP contribution in [0.15, 0.2) is 24.3 Å². The highest BCUT2D eigenvalue weighted by Gasteiger charge is 2.17. The Morgan fingerprint density at radius 2 is 2.00 bits per heavy atom. The van der Waals surface area contributed by atoms with Gasteiger partial charge in [0, 0.05) is 12.1 Å². The standard InChI is InChI=1S/C15H23FN2O/c1-5-10(2)17-15(19)12(4)18-11(3)13-7-6-8-14(16)9-13/h6-12,18H,5H2,1-4H3,(H,17,19)/t10?,11-,12?/m1/s1. The fourth-order valence-electron chi connectivity index (χ4n) is 1.79. The molecule has 2 N–H and O–H groups in total. The monoisotopic (exact) mass is 266 g/mol. The van der Waals surface area contributed by atoms with Crippen LogP contribution in [0, 0.1) is 5.82 Å². The smallest absolute Gasteiger partial charge is 0.237 e. The van der Waals surface area contributed by atoms with E-state index in [1.165, 1.54) is 12.1 Å². The van der Waals surface area contributed by atoms with Gasteiger partial charge in [0.2, 0.25) is 5.91 Å². The van der Waals surface area contributed by atoms with Crippen molar-refractivity contribution in [3.63, 3.8) is 0 Å². The van der Waals surface area contributed by atoms with Gasteiger partial charge in [0.15, 0.2) is 0 Å². The Balaban J connectivity index is 2.56. The van der Waals surface area contributed by atoms with Gasteiger partial charge in [-0.1, -0.05) is 19.1 Å². The molecule has 0 bridgehead atoms. The predicted molar refractivity (Wildman–Crippen MR) is 75.3 cm³/mol. The van der Waals surface area contributed by atoms with Crippen molar-refractivity contribution in [1.29, 1.82) is 0 Å². The summed E-state index contributed by atoms with van der Waals surface area (Å²) < 4.78 is 13.1. The van der Waals surface area contributed by atoms with Crippen molar-refractivity contribution in [1.82, 2.24) is 10.6 Å². The van der Waals surface area contributed by atoms with Gasteiger partial charge in [-0.15, -0.1) is 0 Å². The fourth-order valence-corrected chi connectivity index (χ4v) is 1.79. The van der Waals surface area contributed by atoms with Crippen LogP contribution in [0.2, 0.25) is 0 Å². The molecule has 1 amide bonds. The van der Waals surface area contributed by atoms with Crippen molar-refractivity contribution in [2.45, 2.75) is 52.2 Å². The molecule has 1 rings (SSSR count). The number of rotatable bonds is 6. The van der Waals surface area contributed by atoms with Crippen LogP contribution in [0.3, 0.4) is 0 Å². The van der Waals surface area contributed by atoms with Crippen LogP contribution in [-0.4, -0.2) is 18.0 Å². The van der Waals surface area contributed by atoms with E-state index in [9.17, 15) is 9.18 Å². The van der Waals surface area contributed by atoms with E-state index in [-0.39, 0.29) is 29.8 Å². The quantitative estimate of drug-likeness (QED) is 0.831. The molecule has 0 saturated heterocycles. The van der Waals surface area contributed by atoms with E-state index in [0.717, 1.165) is 12.0 Å². The van der Waals surface area contributed by atoms with Gasteiger partial charge in [-0.25, -0.2) is 4.39 Å². The predicted octanol–water partition coefficient (Wildman–Crippen LogP) is 2.78. The van der Waals surface area contributed by atoms with Crippen LogP contribution in [0.5, 0.6) is 0 Å². The Hall–Kier alpha value is -1.42. The van der Waals surface area contributed by atoms with Crippen LogP contribution in [0.1, 0.15) is 45.7 Å². The average molecular weight is 266 g/mol. The second-order valence-corrected chi connectivity index (χ2v) is 4.98. The number of benzene rings is 1. The van der Waals surface area contributed by atoms with E-state index >= 15 is 0 Å². The molecule has 19 heavy (non-hydrogen) atoms. The third-order valence-corrected chi connectivity index (χ3v) is 3.24. The minimum atomic E-state index is -0.313. The van der Waals surface area contributed by atoms with Crippen molar-refractivity contribution in [3.05, 3.63) is 35.6 Å². The number of amides is 1. The highest BCUT2D eigenvalue weighted by molar-refractivity contribution is 5.81. The largest absolute Gasteiger partial charge is 0.352 e. The normalized spacial score (nSPS) is 15.6. The zero-order valence-electron chi connectivity index (χ0n) is 12.0. The Morgan fingerprint density at radius 1 is 1.32 bits per heavy atom. The van der Waals surface area contributed by atoms with Crippen molar-refractivity contribution >= 4 is 5.91 Å². The van der Waals surface area contributed by atoms with E-state index in [2.05, 4.69) is 10.6 Å². The van der Waals surface area contributed by atoms with Gasteiger partial charge >= 0.3 is 0 Å². The number of carbonyl (C=O) groups excluding carboxylic acids is 1. The zero-order chi connectivity index (χ0) is 14.4. The lowest BCUT2D eigenvalue weighted by molar-refractivity contribution is -0.123. The average Bonchev–Trinajstić information content (AvgIpc) is 2.38. The molecule has 2 unspecified atom stereocenters. The molecule has 0 spiro atoms. The highest BCUT2D eigenvalue weighted by Crippen LogP contribution is 2.14. The first-order valence-electron chi connectivity index (χ1n) is 6.76. The number of carbonyl (C=O) groups is 1. The second kappa shape index (κ2) is 7.24. The van der Waals surface area contributed by atoms with Gasteiger partial charge in [0.05, 0.1) is 6.04 Å². The molecule has 4 heteroatoms. The molecule has 106 valence electrons. The molecule has 1 aromatic carbocycles. The van der Waals surface area contributed by atoms with E-state index in [0.29, 0.717) is 0 Å². The lowest BCUT2D eigenvalue weighted by Crippen LogP contribution is -2.46. The first kappa shape index (κ1) is 15.6. The molecule has 0 aromatic heterocycles. The summed E-state index contributed by atoms with van der Waals surface area (Å²) in [6.45, 7) is 7.73. The van der Waals surface area contributed by atoms with Crippen LogP contribution >= 0.6 is 0 Å². The molecule has 0 fully saturated rings. The van der Waals surface area contributed by atoms with Gasteiger partial charge in [0.25, 0.3) is 0 Å². The summed E-state index contributed by atoms with van der Waals surface area (Å²) in [7, 11) is 0. The van der Waals surface area contributed by atoms with Crippen molar-refractivity contribution < 1.29 is 9.18 Å². The van der Waals surface area contributed by atoms with Crippen LogP contribution in [0.4, 0.5) is 4.39 Å². The number of nitrogens with one attached hydrogen (secondary N) is 2.